The number of carboxylic acids is 1. The molecule has 1 unspecified atom stereocenters. The third kappa shape index (κ3) is 3.48. The van der Waals surface area contributed by atoms with Gasteiger partial charge in [-0.3, -0.25) is 14.2 Å². The minimum Gasteiger partial charge on any atom is -0.480 e. The Bertz CT molecular complexity index is 734. The summed E-state index contributed by atoms with van der Waals surface area (Å²) in [6, 6.07) is 6.69. The lowest BCUT2D eigenvalue weighted by Crippen LogP contribution is -2.37. The van der Waals surface area contributed by atoms with Gasteiger partial charge in [0.2, 0.25) is 5.91 Å². The van der Waals surface area contributed by atoms with Crippen LogP contribution in [-0.4, -0.2) is 32.6 Å². The molecule has 0 fully saturated rings. The summed E-state index contributed by atoms with van der Waals surface area (Å²) < 4.78 is 1.39. The highest BCUT2D eigenvalue weighted by atomic mass is 16.4. The van der Waals surface area contributed by atoms with Crippen molar-refractivity contribution in [2.45, 2.75) is 38.6 Å². The maximum atomic E-state index is 12.9. The SMILES string of the molecule is Cc1cccc(C(C)(C)C(=O)n2cncc2CC(N)C(=O)O)c1. The summed E-state index contributed by atoms with van der Waals surface area (Å²) in [4.78, 5) is 27.8. The number of aliphatic carboxylic acids is 1. The average molecular weight is 315 g/mol. The number of nitrogens with zero attached hydrogens (tertiary/aromatic N) is 2. The van der Waals surface area contributed by atoms with Crippen molar-refractivity contribution in [1.29, 1.82) is 0 Å². The molecule has 0 saturated carbocycles. The third-order valence-electron chi connectivity index (χ3n) is 3.95. The van der Waals surface area contributed by atoms with Crippen LogP contribution in [0.15, 0.2) is 36.8 Å². The number of aryl methyl sites for hydroxylation is 1. The van der Waals surface area contributed by atoms with Gasteiger partial charge in [-0.15, -0.1) is 0 Å². The Morgan fingerprint density at radius 1 is 1.39 bits per heavy atom. The number of hydrogen-bond donors (Lipinski definition) is 2. The van der Waals surface area contributed by atoms with E-state index >= 15 is 0 Å². The molecule has 1 aromatic carbocycles. The van der Waals surface area contributed by atoms with Crippen LogP contribution in [0.25, 0.3) is 0 Å². The summed E-state index contributed by atoms with van der Waals surface area (Å²) in [6.45, 7) is 5.65. The number of nitrogens with two attached hydrogens (primary N) is 1. The van der Waals surface area contributed by atoms with Gasteiger partial charge in [0, 0.05) is 18.3 Å². The number of aromatic nitrogens is 2. The summed E-state index contributed by atoms with van der Waals surface area (Å²) in [5, 5.41) is 8.94. The minimum atomic E-state index is -1.11. The van der Waals surface area contributed by atoms with Gasteiger partial charge in [0.05, 0.1) is 5.41 Å². The zero-order valence-electron chi connectivity index (χ0n) is 13.5. The number of carbonyl (C=O) groups excluding carboxylic acids is 1. The van der Waals surface area contributed by atoms with E-state index in [4.69, 9.17) is 10.8 Å². The lowest BCUT2D eigenvalue weighted by molar-refractivity contribution is -0.138. The molecule has 0 amide bonds. The smallest absolute Gasteiger partial charge is 0.320 e. The van der Waals surface area contributed by atoms with E-state index in [2.05, 4.69) is 4.98 Å². The lowest BCUT2D eigenvalue weighted by Gasteiger charge is -2.25. The number of imidazole rings is 1. The first-order valence-electron chi connectivity index (χ1n) is 7.35. The number of carbonyl (C=O) groups is 2. The molecule has 0 radical (unpaired) electrons. The number of carboxylic acid groups (broad SMARTS) is 1. The van der Waals surface area contributed by atoms with Crippen molar-refractivity contribution < 1.29 is 14.7 Å². The van der Waals surface area contributed by atoms with E-state index < -0.39 is 17.4 Å². The van der Waals surface area contributed by atoms with Gasteiger partial charge < -0.3 is 10.8 Å². The zero-order valence-corrected chi connectivity index (χ0v) is 13.5. The van der Waals surface area contributed by atoms with E-state index in [-0.39, 0.29) is 12.3 Å². The highest BCUT2D eigenvalue weighted by molar-refractivity contribution is 5.90. The summed E-state index contributed by atoms with van der Waals surface area (Å²) in [5.41, 5.74) is 7.25. The fraction of sp³-hybridized carbons (Fsp3) is 0.353. The predicted octanol–water partition coefficient (Wildman–Crippen LogP) is 1.76. The number of hydrogen-bond acceptors (Lipinski definition) is 4. The van der Waals surface area contributed by atoms with Gasteiger partial charge in [-0.1, -0.05) is 29.8 Å². The molecule has 0 aliphatic heterocycles. The molecule has 0 bridgehead atoms. The predicted molar refractivity (Wildman–Crippen MR) is 86.4 cm³/mol. The van der Waals surface area contributed by atoms with E-state index in [9.17, 15) is 9.59 Å². The first-order chi connectivity index (χ1) is 10.7. The van der Waals surface area contributed by atoms with E-state index in [0.717, 1.165) is 11.1 Å². The minimum absolute atomic E-state index is 0.0466. The van der Waals surface area contributed by atoms with Crippen LogP contribution in [-0.2, 0) is 16.6 Å². The van der Waals surface area contributed by atoms with Crippen molar-refractivity contribution >= 4 is 11.9 Å². The normalized spacial score (nSPS) is 12.9. The van der Waals surface area contributed by atoms with Crippen molar-refractivity contribution in [3.63, 3.8) is 0 Å². The van der Waals surface area contributed by atoms with E-state index in [1.54, 1.807) is 0 Å². The fourth-order valence-electron chi connectivity index (χ4n) is 2.43. The van der Waals surface area contributed by atoms with Crippen LogP contribution in [0, 0.1) is 6.92 Å². The summed E-state index contributed by atoms with van der Waals surface area (Å²) in [5.74, 6) is -1.28. The van der Waals surface area contributed by atoms with Crippen molar-refractivity contribution in [2.24, 2.45) is 5.73 Å². The fourth-order valence-corrected chi connectivity index (χ4v) is 2.43. The Balaban J connectivity index is 2.33. The van der Waals surface area contributed by atoms with Crippen LogP contribution in [0.2, 0.25) is 0 Å². The van der Waals surface area contributed by atoms with Gasteiger partial charge in [0.1, 0.15) is 12.4 Å². The van der Waals surface area contributed by atoms with Gasteiger partial charge in [0.25, 0.3) is 0 Å². The van der Waals surface area contributed by atoms with Gasteiger partial charge in [-0.25, -0.2) is 4.98 Å². The quantitative estimate of drug-likeness (QED) is 0.876. The number of rotatable bonds is 5. The number of benzene rings is 1. The summed E-state index contributed by atoms with van der Waals surface area (Å²) in [7, 11) is 0. The standard InChI is InChI=1S/C17H21N3O3/c1-11-5-4-6-12(7-11)17(2,3)16(23)20-10-19-9-13(20)8-14(18)15(21)22/h4-7,9-10,14H,8,18H2,1-3H3,(H,21,22). The van der Waals surface area contributed by atoms with Crippen LogP contribution in [0.4, 0.5) is 0 Å². The van der Waals surface area contributed by atoms with Crippen molar-refractivity contribution in [3.05, 3.63) is 53.6 Å². The van der Waals surface area contributed by atoms with Gasteiger partial charge >= 0.3 is 5.97 Å². The molecule has 0 aliphatic rings. The molecule has 2 aromatic rings. The zero-order chi connectivity index (χ0) is 17.2. The van der Waals surface area contributed by atoms with E-state index in [1.165, 1.54) is 17.1 Å². The summed E-state index contributed by atoms with van der Waals surface area (Å²) >= 11 is 0. The molecule has 0 spiro atoms. The molecule has 0 aliphatic carbocycles. The van der Waals surface area contributed by atoms with E-state index in [1.807, 2.05) is 45.0 Å². The Morgan fingerprint density at radius 2 is 2.09 bits per heavy atom. The molecular formula is C17H21N3O3. The molecule has 0 saturated heterocycles. The molecule has 2 rings (SSSR count). The maximum absolute atomic E-state index is 12.9. The Hall–Kier alpha value is -2.47. The Kier molecular flexibility index (Phi) is 4.65. The first kappa shape index (κ1) is 16.9. The van der Waals surface area contributed by atoms with Gasteiger partial charge in [-0.05, 0) is 26.3 Å². The van der Waals surface area contributed by atoms with E-state index in [0.29, 0.717) is 5.69 Å². The second-order valence-electron chi connectivity index (χ2n) is 6.20. The molecule has 23 heavy (non-hydrogen) atoms. The Labute approximate surface area is 135 Å². The van der Waals surface area contributed by atoms with Gasteiger partial charge in [-0.2, -0.15) is 0 Å². The lowest BCUT2D eigenvalue weighted by atomic mass is 9.83. The van der Waals surface area contributed by atoms with Gasteiger partial charge in [0.15, 0.2) is 0 Å². The van der Waals surface area contributed by atoms with Crippen molar-refractivity contribution in [2.75, 3.05) is 0 Å². The molecule has 6 nitrogen and oxygen atoms in total. The first-order valence-corrected chi connectivity index (χ1v) is 7.35. The monoisotopic (exact) mass is 315 g/mol. The van der Waals surface area contributed by atoms with Crippen molar-refractivity contribution in [1.82, 2.24) is 9.55 Å². The Morgan fingerprint density at radius 3 is 2.70 bits per heavy atom. The van der Waals surface area contributed by atoms with Crippen LogP contribution >= 0.6 is 0 Å². The van der Waals surface area contributed by atoms with Crippen LogP contribution in [0.5, 0.6) is 0 Å². The van der Waals surface area contributed by atoms with Crippen LogP contribution in [0.3, 0.4) is 0 Å². The highest BCUT2D eigenvalue weighted by Crippen LogP contribution is 2.26. The van der Waals surface area contributed by atoms with Crippen LogP contribution in [0.1, 0.15) is 35.5 Å². The molecule has 1 heterocycles. The topological polar surface area (TPSA) is 98.2 Å². The second-order valence-corrected chi connectivity index (χ2v) is 6.20. The molecular weight excluding hydrogens is 294 g/mol. The molecule has 3 N–H and O–H groups in total. The average Bonchev–Trinajstić information content (AvgIpc) is 2.94. The summed E-state index contributed by atoms with van der Waals surface area (Å²) in [6.07, 6.45) is 2.93. The maximum Gasteiger partial charge on any atom is 0.320 e. The van der Waals surface area contributed by atoms with Crippen LogP contribution < -0.4 is 5.73 Å². The molecule has 1 aromatic heterocycles. The van der Waals surface area contributed by atoms with Crippen molar-refractivity contribution in [3.8, 4) is 0 Å². The largest absolute Gasteiger partial charge is 0.480 e. The molecule has 1 atom stereocenters. The highest BCUT2D eigenvalue weighted by Gasteiger charge is 2.32. The second kappa shape index (κ2) is 6.34. The molecule has 6 heteroatoms. The molecule has 122 valence electrons. The third-order valence-corrected chi connectivity index (χ3v) is 3.95.